The van der Waals surface area contributed by atoms with E-state index in [1.165, 1.54) is 45.1 Å². The van der Waals surface area contributed by atoms with Crippen LogP contribution in [-0.2, 0) is 0 Å². The van der Waals surface area contributed by atoms with Gasteiger partial charge in [0.25, 0.3) is 0 Å². The molecule has 0 aromatic heterocycles. The minimum atomic E-state index is 0.634. The van der Waals surface area contributed by atoms with Crippen LogP contribution in [0.5, 0.6) is 0 Å². The van der Waals surface area contributed by atoms with Gasteiger partial charge in [0, 0.05) is 18.1 Å². The first-order valence-corrected chi connectivity index (χ1v) is 7.63. The molecule has 1 aliphatic heterocycles. The summed E-state index contributed by atoms with van der Waals surface area (Å²) >= 11 is 0. The summed E-state index contributed by atoms with van der Waals surface area (Å²) in [5, 5.41) is 7.45. The predicted molar refractivity (Wildman–Crippen MR) is 76.4 cm³/mol. The van der Waals surface area contributed by atoms with Crippen LogP contribution in [0.3, 0.4) is 0 Å². The van der Waals surface area contributed by atoms with Crippen molar-refractivity contribution in [3.05, 3.63) is 0 Å². The van der Waals surface area contributed by atoms with Gasteiger partial charge < -0.3 is 10.6 Å². The van der Waals surface area contributed by atoms with Gasteiger partial charge in [-0.1, -0.05) is 33.1 Å². The molecule has 0 saturated carbocycles. The summed E-state index contributed by atoms with van der Waals surface area (Å²) in [7, 11) is 0. The summed E-state index contributed by atoms with van der Waals surface area (Å²) < 4.78 is 0. The maximum Gasteiger partial charge on any atom is 0.00817 e. The predicted octanol–water partition coefficient (Wildman–Crippen LogP) is 3.32. The molecule has 0 amide bonds. The van der Waals surface area contributed by atoms with Crippen LogP contribution >= 0.6 is 0 Å². The molecule has 1 heterocycles. The molecule has 1 rings (SSSR count). The average Bonchev–Trinajstić information content (AvgIpc) is 2.56. The van der Waals surface area contributed by atoms with Crippen molar-refractivity contribution in [2.75, 3.05) is 6.54 Å². The smallest absolute Gasteiger partial charge is 0.00817 e. The first kappa shape index (κ1) is 15.0. The van der Waals surface area contributed by atoms with Crippen LogP contribution in [0, 0.1) is 5.92 Å². The van der Waals surface area contributed by atoms with Gasteiger partial charge in [0.05, 0.1) is 0 Å². The van der Waals surface area contributed by atoms with Crippen LogP contribution in [0.1, 0.15) is 66.2 Å². The lowest BCUT2D eigenvalue weighted by Gasteiger charge is -2.27. The zero-order valence-electron chi connectivity index (χ0n) is 12.3. The monoisotopic (exact) mass is 240 g/mol. The van der Waals surface area contributed by atoms with Crippen LogP contribution < -0.4 is 10.6 Å². The van der Waals surface area contributed by atoms with Crippen LogP contribution in [-0.4, -0.2) is 24.7 Å². The van der Waals surface area contributed by atoms with Crippen molar-refractivity contribution >= 4 is 0 Å². The zero-order chi connectivity index (χ0) is 12.7. The molecule has 4 atom stereocenters. The van der Waals surface area contributed by atoms with Crippen molar-refractivity contribution in [2.24, 2.45) is 5.92 Å². The minimum Gasteiger partial charge on any atom is -0.314 e. The fourth-order valence-corrected chi connectivity index (χ4v) is 2.76. The molecule has 2 heteroatoms. The zero-order valence-corrected chi connectivity index (χ0v) is 12.3. The number of hydrogen-bond donors (Lipinski definition) is 2. The summed E-state index contributed by atoms with van der Waals surface area (Å²) in [5.41, 5.74) is 0. The third-order valence-electron chi connectivity index (χ3n) is 4.35. The van der Waals surface area contributed by atoms with E-state index in [2.05, 4.69) is 38.3 Å². The Morgan fingerprint density at radius 1 is 1.18 bits per heavy atom. The Labute approximate surface area is 108 Å². The molecule has 0 spiro atoms. The second-order valence-electron chi connectivity index (χ2n) is 5.98. The van der Waals surface area contributed by atoms with Crippen molar-refractivity contribution in [1.29, 1.82) is 0 Å². The van der Waals surface area contributed by atoms with Gasteiger partial charge in [-0.2, -0.15) is 0 Å². The van der Waals surface area contributed by atoms with E-state index in [4.69, 9.17) is 0 Å². The summed E-state index contributed by atoms with van der Waals surface area (Å²) in [6.07, 6.45) is 8.09. The molecular weight excluding hydrogens is 208 g/mol. The molecule has 17 heavy (non-hydrogen) atoms. The van der Waals surface area contributed by atoms with Crippen LogP contribution in [0.2, 0.25) is 0 Å². The minimum absolute atomic E-state index is 0.634. The molecule has 1 aliphatic rings. The maximum absolute atomic E-state index is 3.76. The Bertz CT molecular complexity index is 185. The molecular formula is C15H32N2. The Balaban J connectivity index is 2.25. The average molecular weight is 240 g/mol. The lowest BCUT2D eigenvalue weighted by atomic mass is 9.98. The molecule has 0 aliphatic carbocycles. The van der Waals surface area contributed by atoms with Crippen molar-refractivity contribution in [1.82, 2.24) is 10.6 Å². The second-order valence-corrected chi connectivity index (χ2v) is 5.98. The van der Waals surface area contributed by atoms with Gasteiger partial charge in [0.1, 0.15) is 0 Å². The molecule has 0 aromatic rings. The van der Waals surface area contributed by atoms with Crippen LogP contribution in [0.25, 0.3) is 0 Å². The molecule has 0 aromatic carbocycles. The summed E-state index contributed by atoms with van der Waals surface area (Å²) in [4.78, 5) is 0. The third kappa shape index (κ3) is 5.87. The first-order valence-electron chi connectivity index (χ1n) is 7.63. The number of nitrogens with one attached hydrogen (secondary N) is 2. The molecule has 0 radical (unpaired) electrons. The second kappa shape index (κ2) is 8.10. The fraction of sp³-hybridized carbons (Fsp3) is 1.00. The Hall–Kier alpha value is -0.0800. The van der Waals surface area contributed by atoms with Gasteiger partial charge in [0.15, 0.2) is 0 Å². The van der Waals surface area contributed by atoms with E-state index in [1.807, 2.05) is 0 Å². The molecule has 1 saturated heterocycles. The summed E-state index contributed by atoms with van der Waals surface area (Å²) in [6.45, 7) is 10.5. The number of hydrogen-bond acceptors (Lipinski definition) is 2. The van der Waals surface area contributed by atoms with Gasteiger partial charge in [-0.25, -0.2) is 0 Å². The summed E-state index contributed by atoms with van der Waals surface area (Å²) in [5.74, 6) is 0.777. The van der Waals surface area contributed by atoms with E-state index in [9.17, 15) is 0 Å². The third-order valence-corrected chi connectivity index (χ3v) is 4.35. The largest absolute Gasteiger partial charge is 0.314 e. The normalized spacial score (nSPS) is 27.2. The lowest BCUT2D eigenvalue weighted by Crippen LogP contribution is -2.42. The summed E-state index contributed by atoms with van der Waals surface area (Å²) in [6, 6.07) is 2.01. The fourth-order valence-electron chi connectivity index (χ4n) is 2.76. The number of rotatable bonds is 6. The van der Waals surface area contributed by atoms with Crippen molar-refractivity contribution in [3.8, 4) is 0 Å². The standard InChI is InChI=1S/C15H32N2/c1-5-12(2)14(4)17-13(3)11-15-9-7-6-8-10-16-15/h12-17H,5-11H2,1-4H3. The van der Waals surface area contributed by atoms with Gasteiger partial charge in [-0.15, -0.1) is 0 Å². The van der Waals surface area contributed by atoms with Gasteiger partial charge in [0.2, 0.25) is 0 Å². The van der Waals surface area contributed by atoms with Crippen LogP contribution in [0.4, 0.5) is 0 Å². The highest BCUT2D eigenvalue weighted by Gasteiger charge is 2.17. The lowest BCUT2D eigenvalue weighted by molar-refractivity contribution is 0.323. The van der Waals surface area contributed by atoms with Crippen molar-refractivity contribution in [3.63, 3.8) is 0 Å². The van der Waals surface area contributed by atoms with Gasteiger partial charge >= 0.3 is 0 Å². The van der Waals surface area contributed by atoms with E-state index in [0.717, 1.165) is 12.0 Å². The van der Waals surface area contributed by atoms with E-state index in [0.29, 0.717) is 12.1 Å². The quantitative estimate of drug-likeness (QED) is 0.744. The van der Waals surface area contributed by atoms with Crippen molar-refractivity contribution in [2.45, 2.75) is 84.3 Å². The highest BCUT2D eigenvalue weighted by Crippen LogP contribution is 2.14. The maximum atomic E-state index is 3.76. The van der Waals surface area contributed by atoms with E-state index < -0.39 is 0 Å². The molecule has 0 bridgehead atoms. The molecule has 102 valence electrons. The van der Waals surface area contributed by atoms with Crippen LogP contribution in [0.15, 0.2) is 0 Å². The van der Waals surface area contributed by atoms with Gasteiger partial charge in [-0.3, -0.25) is 0 Å². The molecule has 2 N–H and O–H groups in total. The molecule has 2 nitrogen and oxygen atoms in total. The Morgan fingerprint density at radius 2 is 1.94 bits per heavy atom. The topological polar surface area (TPSA) is 24.1 Å². The Morgan fingerprint density at radius 3 is 2.65 bits per heavy atom. The highest BCUT2D eigenvalue weighted by atomic mass is 15.0. The van der Waals surface area contributed by atoms with E-state index in [1.54, 1.807) is 0 Å². The Kier molecular flexibility index (Phi) is 7.14. The van der Waals surface area contributed by atoms with E-state index in [-0.39, 0.29) is 0 Å². The highest BCUT2D eigenvalue weighted by molar-refractivity contribution is 4.78. The molecule has 1 fully saturated rings. The SMILES string of the molecule is CCC(C)C(C)NC(C)CC1CCCCCN1. The van der Waals surface area contributed by atoms with Crippen molar-refractivity contribution < 1.29 is 0 Å². The molecule has 4 unspecified atom stereocenters. The van der Waals surface area contributed by atoms with Gasteiger partial charge in [-0.05, 0) is 45.6 Å². The van der Waals surface area contributed by atoms with E-state index >= 15 is 0 Å². The first-order chi connectivity index (χ1) is 8.13.